The van der Waals surface area contributed by atoms with Crippen LogP contribution in [0.5, 0.6) is 5.75 Å². The number of anilines is 2. The second kappa shape index (κ2) is 11.4. The van der Waals surface area contributed by atoms with Crippen molar-refractivity contribution in [1.29, 1.82) is 0 Å². The van der Waals surface area contributed by atoms with Gasteiger partial charge in [0, 0.05) is 44.1 Å². The van der Waals surface area contributed by atoms with E-state index >= 15 is 0 Å². The molecule has 0 aromatic heterocycles. The Hall–Kier alpha value is -4.00. The summed E-state index contributed by atoms with van der Waals surface area (Å²) >= 11 is 0. The third-order valence-electron chi connectivity index (χ3n) is 7.06. The maximum Gasteiger partial charge on any atom is 0.242 e. The first-order valence-corrected chi connectivity index (χ1v) is 12.9. The zero-order valence-electron chi connectivity index (χ0n) is 21.4. The minimum Gasteiger partial charge on any atom is -0.497 e. The van der Waals surface area contributed by atoms with Crippen LogP contribution in [0.1, 0.15) is 29.5 Å². The van der Waals surface area contributed by atoms with Gasteiger partial charge in [-0.05, 0) is 65.9 Å². The van der Waals surface area contributed by atoms with Crippen molar-refractivity contribution in [3.8, 4) is 5.75 Å². The normalized spacial score (nSPS) is 15.6. The van der Waals surface area contributed by atoms with E-state index in [-0.39, 0.29) is 24.9 Å². The Bertz CT molecular complexity index is 1240. The largest absolute Gasteiger partial charge is 0.497 e. The minimum atomic E-state index is -0.118. The van der Waals surface area contributed by atoms with E-state index in [4.69, 9.17) is 4.74 Å². The zero-order valence-corrected chi connectivity index (χ0v) is 21.4. The lowest BCUT2D eigenvalue weighted by molar-refractivity contribution is -0.141. The Kier molecular flexibility index (Phi) is 7.59. The molecule has 2 aliphatic rings. The van der Waals surface area contributed by atoms with Gasteiger partial charge >= 0.3 is 0 Å². The summed E-state index contributed by atoms with van der Waals surface area (Å²) in [5.74, 6) is 0.659. The van der Waals surface area contributed by atoms with Crippen LogP contribution in [0.25, 0.3) is 0 Å². The molecule has 0 spiro atoms. The number of carbonyl (C=O) groups is 2. The summed E-state index contributed by atoms with van der Waals surface area (Å²) in [5.41, 5.74) is 5.75. The molecule has 2 amide bonds. The van der Waals surface area contributed by atoms with E-state index in [2.05, 4.69) is 63.6 Å². The van der Waals surface area contributed by atoms with E-state index in [1.807, 2.05) is 24.3 Å². The smallest absolute Gasteiger partial charge is 0.242 e. The molecule has 0 unspecified atom stereocenters. The molecule has 7 nitrogen and oxygen atoms in total. The maximum atomic E-state index is 12.3. The number of methoxy groups -OCH3 is 1. The van der Waals surface area contributed by atoms with Crippen LogP contribution in [0.3, 0.4) is 0 Å². The number of hydrogen-bond donors (Lipinski definition) is 1. The topological polar surface area (TPSA) is 65.1 Å². The van der Waals surface area contributed by atoms with Crippen LogP contribution in [0.15, 0.2) is 72.8 Å². The number of benzene rings is 3. The summed E-state index contributed by atoms with van der Waals surface area (Å²) in [5, 5.41) is 2.61. The first-order chi connectivity index (χ1) is 18.1. The van der Waals surface area contributed by atoms with Gasteiger partial charge in [-0.25, -0.2) is 0 Å². The van der Waals surface area contributed by atoms with Crippen LogP contribution >= 0.6 is 0 Å². The highest BCUT2D eigenvalue weighted by Gasteiger charge is 2.23. The van der Waals surface area contributed by atoms with Crippen molar-refractivity contribution in [3.63, 3.8) is 0 Å². The number of nitrogens with one attached hydrogen (secondary N) is 1. The van der Waals surface area contributed by atoms with E-state index in [1.54, 1.807) is 12.0 Å². The Morgan fingerprint density at radius 2 is 1.59 bits per heavy atom. The first kappa shape index (κ1) is 24.7. The van der Waals surface area contributed by atoms with Crippen molar-refractivity contribution in [2.45, 2.75) is 32.5 Å². The minimum absolute atomic E-state index is 0.0590. The van der Waals surface area contributed by atoms with Gasteiger partial charge in [-0.15, -0.1) is 0 Å². The summed E-state index contributed by atoms with van der Waals surface area (Å²) in [6, 6.07) is 25.3. The Morgan fingerprint density at radius 1 is 0.865 bits per heavy atom. The maximum absolute atomic E-state index is 12.3. The lowest BCUT2D eigenvalue weighted by atomic mass is 10.1. The highest BCUT2D eigenvalue weighted by Crippen LogP contribution is 2.26. The molecular formula is C30H34N4O3. The molecule has 1 N–H and O–H groups in total. The lowest BCUT2D eigenvalue weighted by Gasteiger charge is -2.29. The molecule has 0 bridgehead atoms. The molecule has 3 aromatic carbocycles. The fraction of sp³-hybridized carbons (Fsp3) is 0.333. The number of rotatable bonds is 9. The number of nitrogens with zero attached hydrogens (tertiary/aromatic N) is 3. The predicted octanol–water partition coefficient (Wildman–Crippen LogP) is 3.96. The van der Waals surface area contributed by atoms with Crippen molar-refractivity contribution in [2.24, 2.45) is 0 Å². The highest BCUT2D eigenvalue weighted by molar-refractivity contribution is 5.92. The van der Waals surface area contributed by atoms with Gasteiger partial charge in [-0.1, -0.05) is 36.4 Å². The number of piperazine rings is 1. The van der Waals surface area contributed by atoms with Crippen LogP contribution < -0.4 is 19.9 Å². The van der Waals surface area contributed by atoms with E-state index < -0.39 is 0 Å². The summed E-state index contributed by atoms with van der Waals surface area (Å²) in [6.45, 7) is 4.29. The van der Waals surface area contributed by atoms with Crippen molar-refractivity contribution in [2.75, 3.05) is 43.1 Å². The number of ether oxygens (including phenoxy) is 1. The van der Waals surface area contributed by atoms with Gasteiger partial charge in [0.05, 0.1) is 20.2 Å². The molecule has 37 heavy (non-hydrogen) atoms. The molecule has 2 fully saturated rings. The summed E-state index contributed by atoms with van der Waals surface area (Å²) < 4.78 is 5.45. The Balaban J connectivity index is 1.38. The van der Waals surface area contributed by atoms with Crippen molar-refractivity contribution in [3.05, 3.63) is 89.5 Å². The highest BCUT2D eigenvalue weighted by atomic mass is 16.5. The molecular weight excluding hydrogens is 464 g/mol. The molecule has 2 saturated heterocycles. The molecule has 192 valence electrons. The zero-order chi connectivity index (χ0) is 25.6. The first-order valence-electron chi connectivity index (χ1n) is 12.9. The number of carbonyl (C=O) groups excluding carboxylic acids is 2. The molecule has 0 aliphatic carbocycles. The van der Waals surface area contributed by atoms with Crippen molar-refractivity contribution >= 4 is 23.2 Å². The third kappa shape index (κ3) is 6.23. The molecule has 0 atom stereocenters. The molecule has 7 heteroatoms. The van der Waals surface area contributed by atoms with Gasteiger partial charge in [0.1, 0.15) is 5.75 Å². The predicted molar refractivity (Wildman–Crippen MR) is 146 cm³/mol. The molecule has 0 saturated carbocycles. The third-order valence-corrected chi connectivity index (χ3v) is 7.06. The fourth-order valence-electron chi connectivity index (χ4n) is 5.06. The fourth-order valence-corrected chi connectivity index (χ4v) is 5.06. The van der Waals surface area contributed by atoms with Crippen molar-refractivity contribution in [1.82, 2.24) is 10.2 Å². The van der Waals surface area contributed by atoms with E-state index in [0.29, 0.717) is 13.1 Å². The molecule has 5 rings (SSSR count). The second-order valence-electron chi connectivity index (χ2n) is 9.76. The van der Waals surface area contributed by atoms with E-state index in [9.17, 15) is 9.59 Å². The van der Waals surface area contributed by atoms with Gasteiger partial charge in [-0.2, -0.15) is 0 Å². The summed E-state index contributed by atoms with van der Waals surface area (Å²) in [6.07, 6.45) is 2.53. The monoisotopic (exact) mass is 498 g/mol. The van der Waals surface area contributed by atoms with Crippen LogP contribution in [-0.2, 0) is 29.2 Å². The number of hydrogen-bond acceptors (Lipinski definition) is 5. The lowest BCUT2D eigenvalue weighted by Crippen LogP contribution is -2.51. The van der Waals surface area contributed by atoms with Crippen LogP contribution in [0, 0.1) is 0 Å². The van der Waals surface area contributed by atoms with Crippen molar-refractivity contribution < 1.29 is 14.3 Å². The van der Waals surface area contributed by atoms with Gasteiger partial charge in [0.15, 0.2) is 0 Å². The van der Waals surface area contributed by atoms with Crippen LogP contribution in [-0.4, -0.2) is 50.0 Å². The van der Waals surface area contributed by atoms with Crippen LogP contribution in [0.4, 0.5) is 11.4 Å². The standard InChI is InChI=1S/C30H34N4O3/c1-37-28-9-5-7-25(17-28)20-33(19-23-10-12-26(13-11-23)32-14-2-3-15-32)27-8-4-6-24(16-27)21-34-22-29(35)31-18-30(34)36/h4-13,16-17H,2-3,14-15,18-22H2,1H3,(H,31,35). The van der Waals surface area contributed by atoms with Gasteiger partial charge in [0.2, 0.25) is 11.8 Å². The average Bonchev–Trinajstić information content (AvgIpc) is 3.46. The number of amides is 2. The molecule has 2 aliphatic heterocycles. The van der Waals surface area contributed by atoms with Crippen LogP contribution in [0.2, 0.25) is 0 Å². The Labute approximate surface area is 218 Å². The Morgan fingerprint density at radius 3 is 2.38 bits per heavy atom. The van der Waals surface area contributed by atoms with Gasteiger partial charge < -0.3 is 24.8 Å². The average molecular weight is 499 g/mol. The SMILES string of the molecule is COc1cccc(CN(Cc2ccc(N3CCCC3)cc2)c2cccc(CN3CC(=O)NCC3=O)c2)c1. The summed E-state index contributed by atoms with van der Waals surface area (Å²) in [7, 11) is 1.68. The molecule has 0 radical (unpaired) electrons. The molecule has 3 aromatic rings. The quantitative estimate of drug-likeness (QED) is 0.484. The van der Waals surface area contributed by atoms with E-state index in [0.717, 1.165) is 42.2 Å². The van der Waals surface area contributed by atoms with Gasteiger partial charge in [-0.3, -0.25) is 9.59 Å². The van der Waals surface area contributed by atoms with Gasteiger partial charge in [0.25, 0.3) is 0 Å². The van der Waals surface area contributed by atoms with E-state index in [1.165, 1.54) is 24.1 Å². The molecule has 2 heterocycles. The summed E-state index contributed by atoms with van der Waals surface area (Å²) in [4.78, 5) is 30.5. The second-order valence-corrected chi connectivity index (χ2v) is 9.76.